The summed E-state index contributed by atoms with van der Waals surface area (Å²) < 4.78 is 18.6. The summed E-state index contributed by atoms with van der Waals surface area (Å²) >= 11 is 0. The van der Waals surface area contributed by atoms with Crippen LogP contribution in [-0.4, -0.2) is 43.4 Å². The number of likely N-dealkylation sites (tertiary alicyclic amines) is 1. The third kappa shape index (κ3) is 3.28. The van der Waals surface area contributed by atoms with Crippen molar-refractivity contribution in [2.45, 2.75) is 12.5 Å². The van der Waals surface area contributed by atoms with Crippen LogP contribution in [0.25, 0.3) is 0 Å². The molecule has 1 aliphatic rings. The number of benzene rings is 1. The number of nitrogens with zero attached hydrogens (tertiary/aromatic N) is 1. The lowest BCUT2D eigenvalue weighted by atomic mass is 10.1. The highest BCUT2D eigenvalue weighted by Crippen LogP contribution is 2.22. The van der Waals surface area contributed by atoms with Gasteiger partial charge in [0, 0.05) is 25.8 Å². The topological polar surface area (TPSA) is 32.7 Å². The summed E-state index contributed by atoms with van der Waals surface area (Å²) in [4.78, 5) is 2.17. The first-order valence-electron chi connectivity index (χ1n) is 6.34. The van der Waals surface area contributed by atoms with E-state index in [1.807, 2.05) is 0 Å². The van der Waals surface area contributed by atoms with Gasteiger partial charge in [0.05, 0.1) is 12.7 Å². The predicted octanol–water partition coefficient (Wildman–Crippen LogP) is 1.83. The summed E-state index contributed by atoms with van der Waals surface area (Å²) in [7, 11) is 1.71. The van der Waals surface area contributed by atoms with E-state index >= 15 is 0 Å². The summed E-state index contributed by atoms with van der Waals surface area (Å²) in [6, 6.07) is 6.41. The number of aliphatic hydroxyl groups is 1. The average molecular weight is 253 g/mol. The molecule has 1 aromatic carbocycles. The van der Waals surface area contributed by atoms with Crippen LogP contribution in [-0.2, 0) is 4.74 Å². The number of rotatable bonds is 5. The van der Waals surface area contributed by atoms with Gasteiger partial charge in [-0.25, -0.2) is 4.39 Å². The summed E-state index contributed by atoms with van der Waals surface area (Å²) in [5, 5.41) is 10.1. The second-order valence-corrected chi connectivity index (χ2v) is 4.91. The fourth-order valence-electron chi connectivity index (χ4n) is 2.54. The van der Waals surface area contributed by atoms with Crippen molar-refractivity contribution < 1.29 is 14.2 Å². The van der Waals surface area contributed by atoms with Crippen LogP contribution in [0.2, 0.25) is 0 Å². The third-order valence-electron chi connectivity index (χ3n) is 3.47. The number of ether oxygens (including phenoxy) is 1. The Bertz CT molecular complexity index is 386. The van der Waals surface area contributed by atoms with Crippen molar-refractivity contribution in [1.29, 1.82) is 0 Å². The van der Waals surface area contributed by atoms with Crippen LogP contribution in [0.1, 0.15) is 18.1 Å². The molecule has 0 aliphatic carbocycles. The van der Waals surface area contributed by atoms with Crippen molar-refractivity contribution in [1.82, 2.24) is 4.90 Å². The molecule has 1 fully saturated rings. The molecule has 0 saturated carbocycles. The van der Waals surface area contributed by atoms with Crippen molar-refractivity contribution in [2.24, 2.45) is 5.92 Å². The largest absolute Gasteiger partial charge is 0.387 e. The van der Waals surface area contributed by atoms with E-state index in [0.29, 0.717) is 18.0 Å². The van der Waals surface area contributed by atoms with Crippen LogP contribution in [0.15, 0.2) is 24.3 Å². The lowest BCUT2D eigenvalue weighted by Gasteiger charge is -2.20. The maximum Gasteiger partial charge on any atom is 0.129 e. The van der Waals surface area contributed by atoms with Gasteiger partial charge in [-0.2, -0.15) is 0 Å². The summed E-state index contributed by atoms with van der Waals surface area (Å²) in [6.07, 6.45) is 0.324. The zero-order valence-electron chi connectivity index (χ0n) is 10.7. The molecule has 18 heavy (non-hydrogen) atoms. The Morgan fingerprint density at radius 3 is 3.00 bits per heavy atom. The fraction of sp³-hybridized carbons (Fsp3) is 0.571. The van der Waals surface area contributed by atoms with Crippen LogP contribution in [0.4, 0.5) is 4.39 Å². The molecule has 0 spiro atoms. The Hall–Kier alpha value is -0.970. The maximum atomic E-state index is 13.5. The third-order valence-corrected chi connectivity index (χ3v) is 3.47. The van der Waals surface area contributed by atoms with E-state index in [9.17, 15) is 9.50 Å². The minimum Gasteiger partial charge on any atom is -0.387 e. The molecule has 2 atom stereocenters. The van der Waals surface area contributed by atoms with E-state index in [2.05, 4.69) is 4.90 Å². The van der Waals surface area contributed by atoms with E-state index in [0.717, 1.165) is 26.1 Å². The number of hydrogen-bond donors (Lipinski definition) is 1. The Labute approximate surface area is 107 Å². The van der Waals surface area contributed by atoms with Crippen molar-refractivity contribution in [3.63, 3.8) is 0 Å². The van der Waals surface area contributed by atoms with E-state index in [1.165, 1.54) is 6.07 Å². The molecule has 1 aliphatic heterocycles. The monoisotopic (exact) mass is 253 g/mol. The van der Waals surface area contributed by atoms with Gasteiger partial charge in [-0.3, -0.25) is 0 Å². The van der Waals surface area contributed by atoms with Gasteiger partial charge in [-0.05, 0) is 24.9 Å². The van der Waals surface area contributed by atoms with Gasteiger partial charge in [0.25, 0.3) is 0 Å². The van der Waals surface area contributed by atoms with Crippen molar-refractivity contribution in [3.05, 3.63) is 35.6 Å². The second-order valence-electron chi connectivity index (χ2n) is 4.91. The molecule has 1 aromatic rings. The molecule has 0 bridgehead atoms. The Morgan fingerprint density at radius 2 is 2.28 bits per heavy atom. The van der Waals surface area contributed by atoms with Crippen LogP contribution >= 0.6 is 0 Å². The molecule has 1 N–H and O–H groups in total. The predicted molar refractivity (Wildman–Crippen MR) is 67.8 cm³/mol. The molecule has 4 heteroatoms. The van der Waals surface area contributed by atoms with Gasteiger partial charge in [0.15, 0.2) is 0 Å². The van der Waals surface area contributed by atoms with Crippen molar-refractivity contribution in [2.75, 3.05) is 33.4 Å². The van der Waals surface area contributed by atoms with Gasteiger partial charge in [0.1, 0.15) is 5.82 Å². The first-order chi connectivity index (χ1) is 8.70. The smallest absolute Gasteiger partial charge is 0.129 e. The van der Waals surface area contributed by atoms with Crippen LogP contribution in [0.5, 0.6) is 0 Å². The Balaban J connectivity index is 1.89. The standard InChI is InChI=1S/C14H20FNO2/c1-18-10-11-6-7-16(8-11)9-14(17)12-4-2-3-5-13(12)15/h2-5,11,14,17H,6-10H2,1H3. The molecule has 0 aromatic heterocycles. The molecule has 3 nitrogen and oxygen atoms in total. The van der Waals surface area contributed by atoms with Gasteiger partial charge >= 0.3 is 0 Å². The molecule has 0 radical (unpaired) electrons. The van der Waals surface area contributed by atoms with Gasteiger partial charge in [-0.1, -0.05) is 18.2 Å². The number of aliphatic hydroxyl groups excluding tert-OH is 1. The number of methoxy groups -OCH3 is 1. The highest BCUT2D eigenvalue weighted by Gasteiger charge is 2.25. The minimum absolute atomic E-state index is 0.336. The second kappa shape index (κ2) is 6.27. The lowest BCUT2D eigenvalue weighted by molar-refractivity contribution is 0.113. The minimum atomic E-state index is -0.757. The Morgan fingerprint density at radius 1 is 1.50 bits per heavy atom. The quantitative estimate of drug-likeness (QED) is 0.869. The fourth-order valence-corrected chi connectivity index (χ4v) is 2.54. The van der Waals surface area contributed by atoms with E-state index in [-0.39, 0.29) is 5.82 Å². The number of hydrogen-bond acceptors (Lipinski definition) is 3. The highest BCUT2D eigenvalue weighted by molar-refractivity contribution is 5.20. The molecular weight excluding hydrogens is 233 g/mol. The van der Waals surface area contributed by atoms with Gasteiger partial charge < -0.3 is 14.7 Å². The normalized spacial score (nSPS) is 22.3. The first kappa shape index (κ1) is 13.5. The molecule has 100 valence electrons. The first-order valence-corrected chi connectivity index (χ1v) is 6.34. The van der Waals surface area contributed by atoms with E-state index in [4.69, 9.17) is 4.74 Å². The Kier molecular flexibility index (Phi) is 4.69. The van der Waals surface area contributed by atoms with Crippen LogP contribution < -0.4 is 0 Å². The summed E-state index contributed by atoms with van der Waals surface area (Å²) in [5.74, 6) is 0.195. The molecule has 1 heterocycles. The molecule has 0 amide bonds. The van der Waals surface area contributed by atoms with Crippen molar-refractivity contribution in [3.8, 4) is 0 Å². The zero-order valence-corrected chi connectivity index (χ0v) is 10.7. The van der Waals surface area contributed by atoms with Crippen LogP contribution in [0, 0.1) is 11.7 Å². The van der Waals surface area contributed by atoms with E-state index in [1.54, 1.807) is 25.3 Å². The number of halogens is 1. The average Bonchev–Trinajstić information content (AvgIpc) is 2.77. The van der Waals surface area contributed by atoms with Crippen LogP contribution in [0.3, 0.4) is 0 Å². The summed E-state index contributed by atoms with van der Waals surface area (Å²) in [5.41, 5.74) is 0.382. The molecule has 2 rings (SSSR count). The van der Waals surface area contributed by atoms with Gasteiger partial charge in [-0.15, -0.1) is 0 Å². The number of β-amino-alcohol motifs (C(OH)–C–C–N with tert-alkyl or cyclic N) is 1. The molecule has 1 saturated heterocycles. The summed E-state index contributed by atoms with van der Waals surface area (Å²) in [6.45, 7) is 3.10. The maximum absolute atomic E-state index is 13.5. The highest BCUT2D eigenvalue weighted by atomic mass is 19.1. The molecular formula is C14H20FNO2. The lowest BCUT2D eigenvalue weighted by Crippen LogP contribution is -2.27. The SMILES string of the molecule is COCC1CCN(CC(O)c2ccccc2F)C1. The molecule has 2 unspecified atom stereocenters. The van der Waals surface area contributed by atoms with Crippen molar-refractivity contribution >= 4 is 0 Å². The van der Waals surface area contributed by atoms with E-state index < -0.39 is 6.10 Å². The zero-order chi connectivity index (χ0) is 13.0. The van der Waals surface area contributed by atoms with Gasteiger partial charge in [0.2, 0.25) is 0 Å².